The van der Waals surface area contributed by atoms with Crippen LogP contribution in [-0.2, 0) is 14.3 Å². The largest absolute Gasteiger partial charge is 0.461 e. The summed E-state index contributed by atoms with van der Waals surface area (Å²) in [6, 6.07) is 0. The van der Waals surface area contributed by atoms with Crippen LogP contribution in [0.1, 0.15) is 13.3 Å². The predicted molar refractivity (Wildman–Crippen MR) is 39.6 cm³/mol. The van der Waals surface area contributed by atoms with Gasteiger partial charge in [-0.3, -0.25) is 9.59 Å². The van der Waals surface area contributed by atoms with Gasteiger partial charge in [-0.15, -0.1) is 0 Å². The lowest BCUT2D eigenvalue weighted by atomic mass is 10.3. The van der Waals surface area contributed by atoms with Crippen molar-refractivity contribution in [2.45, 2.75) is 13.3 Å². The van der Waals surface area contributed by atoms with Crippen molar-refractivity contribution < 1.29 is 14.3 Å². The van der Waals surface area contributed by atoms with Gasteiger partial charge in [-0.25, -0.2) is 0 Å². The van der Waals surface area contributed by atoms with Crippen molar-refractivity contribution in [2.75, 3.05) is 6.61 Å². The topological polar surface area (TPSA) is 69.4 Å². The van der Waals surface area contributed by atoms with Crippen LogP contribution in [0.15, 0.2) is 12.3 Å². The highest BCUT2D eigenvalue weighted by Crippen LogP contribution is 1.87. The third-order valence-corrected chi connectivity index (χ3v) is 0.870. The van der Waals surface area contributed by atoms with Crippen molar-refractivity contribution in [3.05, 3.63) is 12.3 Å². The van der Waals surface area contributed by atoms with E-state index >= 15 is 0 Å². The summed E-state index contributed by atoms with van der Waals surface area (Å²) in [6.45, 7) is 1.46. The van der Waals surface area contributed by atoms with E-state index < -0.39 is 5.97 Å². The van der Waals surface area contributed by atoms with Crippen molar-refractivity contribution in [1.29, 1.82) is 0 Å². The highest BCUT2D eigenvalue weighted by Gasteiger charge is 2.03. The summed E-state index contributed by atoms with van der Waals surface area (Å²) in [5.41, 5.74) is 4.98. The number of ketones is 1. The number of esters is 1. The minimum absolute atomic E-state index is 0.128. The Morgan fingerprint density at radius 3 is 2.64 bits per heavy atom. The molecule has 11 heavy (non-hydrogen) atoms. The summed E-state index contributed by atoms with van der Waals surface area (Å²) < 4.78 is 4.57. The third kappa shape index (κ3) is 6.57. The molecule has 0 fully saturated rings. The van der Waals surface area contributed by atoms with Crippen molar-refractivity contribution in [1.82, 2.24) is 0 Å². The SMILES string of the molecule is CC(=O)CC(=O)OC/C=C/N. The zero-order valence-corrected chi connectivity index (χ0v) is 6.37. The molecule has 2 N–H and O–H groups in total. The van der Waals surface area contributed by atoms with E-state index in [1.807, 2.05) is 0 Å². The van der Waals surface area contributed by atoms with Crippen molar-refractivity contribution in [3.63, 3.8) is 0 Å². The van der Waals surface area contributed by atoms with E-state index in [4.69, 9.17) is 5.73 Å². The van der Waals surface area contributed by atoms with Gasteiger partial charge in [0.1, 0.15) is 18.8 Å². The molecule has 0 unspecified atom stereocenters. The Hall–Kier alpha value is -1.32. The van der Waals surface area contributed by atoms with Crippen LogP contribution in [-0.4, -0.2) is 18.4 Å². The van der Waals surface area contributed by atoms with Gasteiger partial charge in [0, 0.05) is 0 Å². The number of carbonyl (C=O) groups excluding carboxylic acids is 2. The molecule has 62 valence electrons. The number of Topliss-reactive ketones (excluding diaryl/α,β-unsaturated/α-hetero) is 1. The molecule has 4 heteroatoms. The second-order valence-corrected chi connectivity index (χ2v) is 1.99. The van der Waals surface area contributed by atoms with E-state index in [1.54, 1.807) is 0 Å². The molecule has 0 aromatic carbocycles. The first kappa shape index (κ1) is 9.68. The Labute approximate surface area is 65.0 Å². The van der Waals surface area contributed by atoms with Gasteiger partial charge >= 0.3 is 5.97 Å². The van der Waals surface area contributed by atoms with Gasteiger partial charge in [0.25, 0.3) is 0 Å². The first-order valence-corrected chi connectivity index (χ1v) is 3.18. The molecule has 0 spiro atoms. The fraction of sp³-hybridized carbons (Fsp3) is 0.429. The Balaban J connectivity index is 3.45. The summed E-state index contributed by atoms with van der Waals surface area (Å²) in [5.74, 6) is -0.720. The summed E-state index contributed by atoms with van der Waals surface area (Å²) in [7, 11) is 0. The zero-order valence-electron chi connectivity index (χ0n) is 6.37. The summed E-state index contributed by atoms with van der Waals surface area (Å²) in [4.78, 5) is 21.0. The van der Waals surface area contributed by atoms with Gasteiger partial charge < -0.3 is 10.5 Å². The van der Waals surface area contributed by atoms with Crippen LogP contribution in [0.3, 0.4) is 0 Å². The van der Waals surface area contributed by atoms with E-state index in [0.29, 0.717) is 0 Å². The van der Waals surface area contributed by atoms with Crippen LogP contribution < -0.4 is 5.73 Å². The Morgan fingerprint density at radius 2 is 2.18 bits per heavy atom. The van der Waals surface area contributed by atoms with E-state index in [2.05, 4.69) is 4.74 Å². The molecule has 0 heterocycles. The van der Waals surface area contributed by atoms with Crippen LogP contribution >= 0.6 is 0 Å². The maximum atomic E-state index is 10.6. The van der Waals surface area contributed by atoms with Crippen molar-refractivity contribution in [3.8, 4) is 0 Å². The highest BCUT2D eigenvalue weighted by molar-refractivity contribution is 5.94. The Kier molecular flexibility index (Phi) is 4.81. The number of hydrogen-bond acceptors (Lipinski definition) is 4. The lowest BCUT2D eigenvalue weighted by Crippen LogP contribution is -2.08. The smallest absolute Gasteiger partial charge is 0.313 e. The number of hydrogen-bond donors (Lipinski definition) is 1. The van der Waals surface area contributed by atoms with Crippen LogP contribution in [0.2, 0.25) is 0 Å². The average molecular weight is 157 g/mol. The second-order valence-electron chi connectivity index (χ2n) is 1.99. The standard InChI is InChI=1S/C7H11NO3/c1-6(9)5-7(10)11-4-2-3-8/h2-3H,4-5,8H2,1H3/b3-2+. The zero-order chi connectivity index (χ0) is 8.69. The summed E-state index contributed by atoms with van der Waals surface area (Å²) >= 11 is 0. The minimum atomic E-state index is -0.518. The fourth-order valence-corrected chi connectivity index (χ4v) is 0.451. The van der Waals surface area contributed by atoms with E-state index in [9.17, 15) is 9.59 Å². The lowest BCUT2D eigenvalue weighted by molar-refractivity contribution is -0.144. The summed E-state index contributed by atoms with van der Waals surface area (Å²) in [6.07, 6.45) is 2.59. The average Bonchev–Trinajstić information content (AvgIpc) is 1.86. The molecule has 0 saturated carbocycles. The Bertz CT molecular complexity index is 175. The van der Waals surface area contributed by atoms with Gasteiger partial charge in [0.05, 0.1) is 0 Å². The quantitative estimate of drug-likeness (QED) is 0.460. The normalized spacial score (nSPS) is 9.91. The Morgan fingerprint density at radius 1 is 1.55 bits per heavy atom. The van der Waals surface area contributed by atoms with Crippen LogP contribution in [0.4, 0.5) is 0 Å². The van der Waals surface area contributed by atoms with E-state index in [0.717, 1.165) is 0 Å². The molecule has 4 nitrogen and oxygen atoms in total. The predicted octanol–water partition coefficient (Wildman–Crippen LogP) is -0.0189. The number of rotatable bonds is 4. The lowest BCUT2D eigenvalue weighted by Gasteiger charge is -1.97. The maximum Gasteiger partial charge on any atom is 0.313 e. The molecule has 0 rings (SSSR count). The van der Waals surface area contributed by atoms with Crippen molar-refractivity contribution in [2.24, 2.45) is 5.73 Å². The number of nitrogens with two attached hydrogens (primary N) is 1. The molecule has 0 aliphatic rings. The minimum Gasteiger partial charge on any atom is -0.461 e. The van der Waals surface area contributed by atoms with Gasteiger partial charge in [0.15, 0.2) is 0 Å². The molecule has 0 bridgehead atoms. The monoisotopic (exact) mass is 157 g/mol. The molecule has 0 aliphatic heterocycles. The molecule has 0 atom stereocenters. The van der Waals surface area contributed by atoms with Gasteiger partial charge in [0.2, 0.25) is 0 Å². The molecular weight excluding hydrogens is 146 g/mol. The molecule has 0 aliphatic carbocycles. The third-order valence-electron chi connectivity index (χ3n) is 0.870. The summed E-state index contributed by atoms with van der Waals surface area (Å²) in [5, 5.41) is 0. The molecular formula is C7H11NO3. The van der Waals surface area contributed by atoms with E-state index in [1.165, 1.54) is 19.2 Å². The van der Waals surface area contributed by atoms with E-state index in [-0.39, 0.29) is 18.8 Å². The van der Waals surface area contributed by atoms with Gasteiger partial charge in [-0.2, -0.15) is 0 Å². The van der Waals surface area contributed by atoms with Crippen LogP contribution in [0.25, 0.3) is 0 Å². The molecule has 0 aromatic rings. The second kappa shape index (κ2) is 5.46. The number of carbonyl (C=O) groups is 2. The van der Waals surface area contributed by atoms with Gasteiger partial charge in [-0.1, -0.05) is 0 Å². The first-order valence-electron chi connectivity index (χ1n) is 3.18. The molecule has 0 amide bonds. The molecule has 0 radical (unpaired) electrons. The van der Waals surface area contributed by atoms with Crippen molar-refractivity contribution >= 4 is 11.8 Å². The maximum absolute atomic E-state index is 10.6. The fourth-order valence-electron chi connectivity index (χ4n) is 0.451. The van der Waals surface area contributed by atoms with Crippen LogP contribution in [0.5, 0.6) is 0 Å². The van der Waals surface area contributed by atoms with Crippen LogP contribution in [0, 0.1) is 0 Å². The molecule has 0 saturated heterocycles. The number of ether oxygens (including phenoxy) is 1. The molecule has 0 aromatic heterocycles. The first-order chi connectivity index (χ1) is 5.16. The highest BCUT2D eigenvalue weighted by atomic mass is 16.5. The van der Waals surface area contributed by atoms with Gasteiger partial charge in [-0.05, 0) is 19.2 Å².